The number of ether oxygens (including phenoxy) is 1. The van der Waals surface area contributed by atoms with Gasteiger partial charge in [-0.25, -0.2) is 0 Å². The van der Waals surface area contributed by atoms with Gasteiger partial charge in [0.2, 0.25) is 11.8 Å². The highest BCUT2D eigenvalue weighted by Crippen LogP contribution is 2.64. The van der Waals surface area contributed by atoms with Crippen LogP contribution in [0.15, 0.2) is 133 Å². The third-order valence-corrected chi connectivity index (χ3v) is 12.8. The van der Waals surface area contributed by atoms with Crippen LogP contribution in [0.5, 0.6) is 5.75 Å². The lowest BCUT2D eigenvalue weighted by Gasteiger charge is -2.46. The van der Waals surface area contributed by atoms with Crippen molar-refractivity contribution in [1.29, 1.82) is 0 Å². The largest absolute Gasteiger partial charge is 0.508 e. The van der Waals surface area contributed by atoms with Gasteiger partial charge in [0, 0.05) is 17.8 Å². The number of cyclic esters (lactones) is 1. The normalized spacial score (nSPS) is 26.1. The average Bonchev–Trinajstić information content (AvgIpc) is 3.64. The minimum atomic E-state index is -1.77. The number of hydrogen-bond acceptors (Lipinski definition) is 8. The summed E-state index contributed by atoms with van der Waals surface area (Å²) >= 11 is 0. The number of carbonyl (C=O) groups excluding carboxylic acids is 3. The Morgan fingerprint density at radius 3 is 2.10 bits per heavy atom. The molecule has 5 aromatic rings. The van der Waals surface area contributed by atoms with Crippen LogP contribution in [-0.2, 0) is 24.5 Å². The lowest BCUT2D eigenvalue weighted by molar-refractivity contribution is -0.178. The Labute approximate surface area is 349 Å². The van der Waals surface area contributed by atoms with Gasteiger partial charge in [0.15, 0.2) is 0 Å². The maximum absolute atomic E-state index is 15.4. The Morgan fingerprint density at radius 2 is 1.43 bits per heavy atom. The predicted octanol–water partition coefficient (Wildman–Crippen LogP) is 6.95. The summed E-state index contributed by atoms with van der Waals surface area (Å²) in [5.74, 6) is 3.23. The molecule has 7 unspecified atom stereocenters. The van der Waals surface area contributed by atoms with Crippen molar-refractivity contribution < 1.29 is 34.4 Å². The minimum Gasteiger partial charge on any atom is -0.508 e. The lowest BCUT2D eigenvalue weighted by Crippen LogP contribution is -2.55. The van der Waals surface area contributed by atoms with E-state index in [0.29, 0.717) is 40.8 Å². The van der Waals surface area contributed by atoms with Crippen molar-refractivity contribution in [1.82, 2.24) is 10.2 Å². The van der Waals surface area contributed by atoms with E-state index in [2.05, 4.69) is 22.5 Å². The fourth-order valence-corrected chi connectivity index (χ4v) is 10.1. The second kappa shape index (κ2) is 16.1. The Morgan fingerprint density at radius 1 is 0.800 bits per heavy atom. The van der Waals surface area contributed by atoms with Gasteiger partial charge in [-0.2, -0.15) is 0 Å². The highest BCUT2D eigenvalue weighted by Gasteiger charge is 2.74. The predicted molar refractivity (Wildman–Crippen MR) is 225 cm³/mol. The van der Waals surface area contributed by atoms with Crippen LogP contribution in [0.2, 0.25) is 0 Å². The number of aliphatic hydroxyl groups excluding tert-OH is 1. The van der Waals surface area contributed by atoms with Crippen LogP contribution in [0, 0.1) is 17.8 Å². The van der Waals surface area contributed by atoms with E-state index in [0.717, 1.165) is 36.8 Å². The quantitative estimate of drug-likeness (QED) is 0.0675. The number of aliphatic hydroxyl groups is 2. The Balaban J connectivity index is 1.27. The summed E-state index contributed by atoms with van der Waals surface area (Å²) < 4.78 is 6.48. The summed E-state index contributed by atoms with van der Waals surface area (Å²) in [5, 5.41) is 39.4. The molecule has 5 aromatic carbocycles. The Kier molecular flexibility index (Phi) is 10.5. The van der Waals surface area contributed by atoms with Crippen LogP contribution < -0.4 is 10.6 Å². The van der Waals surface area contributed by atoms with Crippen LogP contribution in [0.4, 0.5) is 5.69 Å². The molecule has 10 nitrogen and oxygen atoms in total. The van der Waals surface area contributed by atoms with Crippen molar-refractivity contribution in [2.45, 2.75) is 79.9 Å². The van der Waals surface area contributed by atoms with Gasteiger partial charge in [-0.1, -0.05) is 128 Å². The second-order valence-electron chi connectivity index (χ2n) is 16.4. The van der Waals surface area contributed by atoms with Crippen molar-refractivity contribution in [3.05, 3.63) is 167 Å². The van der Waals surface area contributed by atoms with E-state index in [9.17, 15) is 20.1 Å². The van der Waals surface area contributed by atoms with Gasteiger partial charge < -0.3 is 30.7 Å². The number of carbonyl (C=O) groups is 3. The number of nitrogens with one attached hydrogen (secondary N) is 2. The minimum absolute atomic E-state index is 0.0108. The summed E-state index contributed by atoms with van der Waals surface area (Å²) in [4.78, 5) is 47.6. The van der Waals surface area contributed by atoms with Crippen LogP contribution in [0.1, 0.15) is 96.2 Å². The molecule has 4 aliphatic rings. The number of hydrogen-bond donors (Lipinski definition) is 5. The number of phenolic OH excluding ortho intramolecular Hbond substituents is 1. The van der Waals surface area contributed by atoms with Gasteiger partial charge in [-0.3, -0.25) is 19.3 Å². The first kappa shape index (κ1) is 39.2. The summed E-state index contributed by atoms with van der Waals surface area (Å²) in [6.45, 7) is -0.186. The Bertz CT molecular complexity index is 2440. The van der Waals surface area contributed by atoms with Gasteiger partial charge in [0.05, 0.1) is 24.1 Å². The van der Waals surface area contributed by atoms with Gasteiger partial charge in [-0.05, 0) is 83.8 Å². The molecule has 10 heteroatoms. The number of nitrogens with zero attached hydrogens (tertiary/aromatic N) is 1. The molecule has 7 atom stereocenters. The third-order valence-electron chi connectivity index (χ3n) is 12.8. The molecule has 60 heavy (non-hydrogen) atoms. The number of benzene rings is 5. The highest BCUT2D eigenvalue weighted by atomic mass is 16.6. The Hall–Kier alpha value is -6.25. The number of esters is 1. The number of fused-ring (bicyclic) bond motifs is 3. The molecule has 304 valence electrons. The third kappa shape index (κ3) is 6.92. The molecule has 9 rings (SSSR count). The van der Waals surface area contributed by atoms with Crippen molar-refractivity contribution in [2.24, 2.45) is 5.92 Å². The highest BCUT2D eigenvalue weighted by molar-refractivity contribution is 6.12. The molecule has 1 spiro atoms. The molecule has 3 fully saturated rings. The molecule has 0 aromatic heterocycles. The van der Waals surface area contributed by atoms with Crippen LogP contribution in [0.3, 0.4) is 0 Å². The van der Waals surface area contributed by atoms with Crippen molar-refractivity contribution in [3.63, 3.8) is 0 Å². The number of morpholine rings is 1. The van der Waals surface area contributed by atoms with Gasteiger partial charge in [0.25, 0.3) is 0 Å². The van der Waals surface area contributed by atoms with E-state index in [1.54, 1.807) is 60.7 Å². The molecule has 0 radical (unpaired) electrons. The number of rotatable bonds is 7. The fourth-order valence-electron chi connectivity index (χ4n) is 10.1. The summed E-state index contributed by atoms with van der Waals surface area (Å²) in [7, 11) is 0. The zero-order chi connectivity index (χ0) is 41.4. The first-order valence-electron chi connectivity index (χ1n) is 20.8. The second-order valence-corrected chi connectivity index (χ2v) is 16.4. The standard InChI is InChI=1S/C50H47N3O7/c54-37-23-21-36(22-24-37)45-50(38-30-32(20-25-39(38)52-48(50)58)26-29-49(59)27-12-1-2-13-28-49)41(46(56)51-31-40(55)33-14-6-3-7-15-33)43-47(57)60-44(35-18-10-5-11-19-35)42(53(43)45)34-16-8-4-9-17-34/h3-11,14-25,30,40-45,54-55,59H,1-2,12-13,27-28,31H2,(H,51,56)(H,52,58). The molecule has 1 saturated carbocycles. The maximum Gasteiger partial charge on any atom is 0.324 e. The smallest absolute Gasteiger partial charge is 0.324 e. The molecule has 2 amide bonds. The summed E-state index contributed by atoms with van der Waals surface area (Å²) in [5.41, 5.74) is 1.29. The lowest BCUT2D eigenvalue weighted by atomic mass is 9.65. The van der Waals surface area contributed by atoms with Crippen molar-refractivity contribution >= 4 is 23.5 Å². The summed E-state index contributed by atoms with van der Waals surface area (Å²) in [6, 6.07) is 37.0. The molecule has 5 N–H and O–H groups in total. The number of amides is 2. The first-order valence-corrected chi connectivity index (χ1v) is 20.8. The maximum atomic E-state index is 15.4. The zero-order valence-electron chi connectivity index (χ0n) is 33.0. The molecule has 3 aliphatic heterocycles. The van der Waals surface area contributed by atoms with Gasteiger partial charge in [-0.15, -0.1) is 0 Å². The van der Waals surface area contributed by atoms with E-state index in [1.807, 2.05) is 77.7 Å². The van der Waals surface area contributed by atoms with Crippen molar-refractivity contribution in [2.75, 3.05) is 11.9 Å². The van der Waals surface area contributed by atoms with Crippen LogP contribution >= 0.6 is 0 Å². The summed E-state index contributed by atoms with van der Waals surface area (Å²) in [6.07, 6.45) is 3.06. The van der Waals surface area contributed by atoms with Gasteiger partial charge >= 0.3 is 5.97 Å². The molecule has 2 saturated heterocycles. The van der Waals surface area contributed by atoms with E-state index in [4.69, 9.17) is 4.74 Å². The molecule has 0 bridgehead atoms. The van der Waals surface area contributed by atoms with E-state index >= 15 is 9.59 Å². The topological polar surface area (TPSA) is 148 Å². The van der Waals surface area contributed by atoms with Crippen molar-refractivity contribution in [3.8, 4) is 17.6 Å². The molecular weight excluding hydrogens is 755 g/mol. The van der Waals surface area contributed by atoms with Gasteiger partial charge in [0.1, 0.15) is 28.9 Å². The zero-order valence-corrected chi connectivity index (χ0v) is 33.0. The molecule has 1 aliphatic carbocycles. The number of aromatic hydroxyl groups is 1. The first-order chi connectivity index (χ1) is 29.2. The van der Waals surface area contributed by atoms with E-state index < -0.39 is 65.1 Å². The fraction of sp³-hybridized carbons (Fsp3) is 0.300. The number of phenols is 1. The monoisotopic (exact) mass is 801 g/mol. The SMILES string of the molecule is O=C1OC(c2ccccc2)C(c2ccccc2)N2C1C(C(=O)NCC(O)c1ccccc1)C1(C(=O)Nc3ccc(C#CC4(O)CCCCCC4)cc31)C2c1ccc(O)cc1. The van der Waals surface area contributed by atoms with Crippen LogP contribution in [0.25, 0.3) is 0 Å². The molecule has 3 heterocycles. The van der Waals surface area contributed by atoms with E-state index in [-0.39, 0.29) is 12.3 Å². The van der Waals surface area contributed by atoms with E-state index in [1.165, 1.54) is 0 Å². The van der Waals surface area contributed by atoms with Crippen LogP contribution in [-0.4, -0.2) is 56.2 Å². The average molecular weight is 802 g/mol. The number of anilines is 1. The molecular formula is C50H47N3O7.